The third-order valence-corrected chi connectivity index (χ3v) is 5.41. The largest absolute Gasteiger partial charge is 0.308 e. The number of likely N-dealkylation sites (N-methyl/N-ethyl adjacent to an activating group) is 1. The number of thiophene rings is 1. The highest BCUT2D eigenvalue weighted by atomic mass is 32.1. The molecule has 5 nitrogen and oxygen atoms in total. The van der Waals surface area contributed by atoms with Crippen LogP contribution in [0.3, 0.4) is 0 Å². The summed E-state index contributed by atoms with van der Waals surface area (Å²) < 4.78 is 1.85. The molecule has 3 rings (SSSR count). The number of nitrogens with one attached hydrogen (secondary N) is 1. The van der Waals surface area contributed by atoms with E-state index < -0.39 is 0 Å². The maximum atomic E-state index is 12.7. The van der Waals surface area contributed by atoms with Crippen LogP contribution in [0.5, 0.6) is 0 Å². The highest BCUT2D eigenvalue weighted by Gasteiger charge is 2.23. The minimum Gasteiger partial charge on any atom is -0.308 e. The highest BCUT2D eigenvalue weighted by Crippen LogP contribution is 2.33. The van der Waals surface area contributed by atoms with Gasteiger partial charge in [0.1, 0.15) is 5.82 Å². The maximum absolute atomic E-state index is 12.7. The van der Waals surface area contributed by atoms with Crippen molar-refractivity contribution in [3.63, 3.8) is 0 Å². The van der Waals surface area contributed by atoms with Crippen molar-refractivity contribution in [3.8, 4) is 0 Å². The normalized spacial score (nSPS) is 17.3. The van der Waals surface area contributed by atoms with Crippen LogP contribution in [0.4, 0.5) is 5.82 Å². The second-order valence-corrected chi connectivity index (χ2v) is 7.56. The minimum atomic E-state index is -0.0105. The number of aromatic nitrogens is 2. The average molecular weight is 332 g/mol. The number of anilines is 1. The summed E-state index contributed by atoms with van der Waals surface area (Å²) in [6.45, 7) is 3.93. The second kappa shape index (κ2) is 6.84. The summed E-state index contributed by atoms with van der Waals surface area (Å²) in [6.07, 6.45) is 5.03. The lowest BCUT2D eigenvalue weighted by Crippen LogP contribution is -2.22. The number of hydrogen-bond acceptors (Lipinski definition) is 4. The summed E-state index contributed by atoms with van der Waals surface area (Å²) >= 11 is 1.73. The molecule has 2 aromatic rings. The van der Waals surface area contributed by atoms with Gasteiger partial charge in [-0.3, -0.25) is 4.79 Å². The van der Waals surface area contributed by atoms with E-state index in [1.54, 1.807) is 17.5 Å². The molecule has 0 aliphatic heterocycles. The van der Waals surface area contributed by atoms with Crippen molar-refractivity contribution in [3.05, 3.63) is 33.6 Å². The lowest BCUT2D eigenvalue weighted by molar-refractivity contribution is 0.102. The zero-order valence-electron chi connectivity index (χ0n) is 14.0. The van der Waals surface area contributed by atoms with E-state index in [-0.39, 0.29) is 5.91 Å². The van der Waals surface area contributed by atoms with Gasteiger partial charge in [-0.25, -0.2) is 4.68 Å². The van der Waals surface area contributed by atoms with E-state index in [1.165, 1.54) is 16.9 Å². The predicted octanol–water partition coefficient (Wildman–Crippen LogP) is 2.88. The zero-order chi connectivity index (χ0) is 16.4. The summed E-state index contributed by atoms with van der Waals surface area (Å²) in [6, 6.07) is 1.86. The van der Waals surface area contributed by atoms with Crippen LogP contribution in [0.2, 0.25) is 0 Å². The molecule has 0 saturated heterocycles. The van der Waals surface area contributed by atoms with Gasteiger partial charge in [0.25, 0.3) is 5.91 Å². The predicted molar refractivity (Wildman–Crippen MR) is 94.2 cm³/mol. The Morgan fingerprint density at radius 2 is 2.35 bits per heavy atom. The Hall–Kier alpha value is -1.66. The highest BCUT2D eigenvalue weighted by molar-refractivity contribution is 7.10. The Labute approximate surface area is 141 Å². The number of amides is 1. The molecular formula is C17H24N4OS. The Morgan fingerprint density at radius 3 is 3.13 bits per heavy atom. The molecule has 1 amide bonds. The van der Waals surface area contributed by atoms with Crippen LogP contribution in [0.1, 0.15) is 34.1 Å². The summed E-state index contributed by atoms with van der Waals surface area (Å²) in [4.78, 5) is 16.1. The quantitative estimate of drug-likeness (QED) is 0.916. The molecule has 23 heavy (non-hydrogen) atoms. The standard InChI is InChI=1S/C17H24N4OS/c1-12-4-5-13-14(11-23-15(13)10-12)17(22)19-16-6-7-18-21(16)9-8-20(2)3/h6-7,11-12H,4-5,8-10H2,1-3H3,(H,19,22). The Kier molecular flexibility index (Phi) is 4.82. The summed E-state index contributed by atoms with van der Waals surface area (Å²) in [7, 11) is 4.06. The minimum absolute atomic E-state index is 0.0105. The average Bonchev–Trinajstić information content (AvgIpc) is 3.11. The van der Waals surface area contributed by atoms with E-state index in [4.69, 9.17) is 0 Å². The van der Waals surface area contributed by atoms with E-state index in [9.17, 15) is 4.79 Å². The van der Waals surface area contributed by atoms with Gasteiger partial charge in [-0.1, -0.05) is 6.92 Å². The van der Waals surface area contributed by atoms with Crippen molar-refractivity contribution in [2.24, 2.45) is 5.92 Å². The lowest BCUT2D eigenvalue weighted by Gasteiger charge is -2.19. The molecule has 0 saturated carbocycles. The fourth-order valence-corrected chi connectivity index (χ4v) is 4.21. The Morgan fingerprint density at radius 1 is 1.52 bits per heavy atom. The molecule has 2 aromatic heterocycles. The topological polar surface area (TPSA) is 50.2 Å². The van der Waals surface area contributed by atoms with Gasteiger partial charge in [0.2, 0.25) is 0 Å². The third kappa shape index (κ3) is 3.64. The number of carbonyl (C=O) groups excluding carboxylic acids is 1. The molecule has 0 bridgehead atoms. The molecule has 6 heteroatoms. The van der Waals surface area contributed by atoms with Gasteiger partial charge in [0, 0.05) is 22.9 Å². The first-order chi connectivity index (χ1) is 11.0. The summed E-state index contributed by atoms with van der Waals surface area (Å²) in [5, 5.41) is 9.34. The van der Waals surface area contributed by atoms with E-state index in [2.05, 4.69) is 22.2 Å². The van der Waals surface area contributed by atoms with Crippen LogP contribution in [-0.2, 0) is 19.4 Å². The van der Waals surface area contributed by atoms with Crippen molar-refractivity contribution in [1.29, 1.82) is 0 Å². The second-order valence-electron chi connectivity index (χ2n) is 6.60. The molecule has 0 radical (unpaired) electrons. The SMILES string of the molecule is CC1CCc2c(C(=O)Nc3ccnn3CCN(C)C)csc2C1. The Bertz CT molecular complexity index is 689. The van der Waals surface area contributed by atoms with E-state index in [1.807, 2.05) is 30.2 Å². The van der Waals surface area contributed by atoms with Crippen molar-refractivity contribution in [2.75, 3.05) is 26.0 Å². The van der Waals surface area contributed by atoms with Gasteiger partial charge < -0.3 is 10.2 Å². The van der Waals surface area contributed by atoms with Gasteiger partial charge in [-0.2, -0.15) is 5.10 Å². The smallest absolute Gasteiger partial charge is 0.257 e. The van der Waals surface area contributed by atoms with Crippen LogP contribution in [0.15, 0.2) is 17.6 Å². The van der Waals surface area contributed by atoms with Gasteiger partial charge in [0.15, 0.2) is 0 Å². The summed E-state index contributed by atoms with van der Waals surface area (Å²) in [5.74, 6) is 1.48. The molecular weight excluding hydrogens is 308 g/mol. The fourth-order valence-electron chi connectivity index (χ4n) is 2.96. The molecule has 2 heterocycles. The van der Waals surface area contributed by atoms with Crippen LogP contribution >= 0.6 is 11.3 Å². The summed E-state index contributed by atoms with van der Waals surface area (Å²) in [5.41, 5.74) is 2.10. The Balaban J connectivity index is 1.72. The van der Waals surface area contributed by atoms with E-state index >= 15 is 0 Å². The van der Waals surface area contributed by atoms with Crippen molar-refractivity contribution < 1.29 is 4.79 Å². The van der Waals surface area contributed by atoms with Gasteiger partial charge in [-0.15, -0.1) is 11.3 Å². The van der Waals surface area contributed by atoms with Crippen LogP contribution < -0.4 is 5.32 Å². The molecule has 1 atom stereocenters. The molecule has 1 aliphatic carbocycles. The van der Waals surface area contributed by atoms with Crippen molar-refractivity contribution in [2.45, 2.75) is 32.7 Å². The van der Waals surface area contributed by atoms with Crippen molar-refractivity contribution >= 4 is 23.1 Å². The number of nitrogens with zero attached hydrogens (tertiary/aromatic N) is 3. The molecule has 1 N–H and O–H groups in total. The molecule has 0 aromatic carbocycles. The van der Waals surface area contributed by atoms with Gasteiger partial charge >= 0.3 is 0 Å². The third-order valence-electron chi connectivity index (χ3n) is 4.36. The van der Waals surface area contributed by atoms with E-state index in [0.29, 0.717) is 0 Å². The molecule has 124 valence electrons. The number of fused-ring (bicyclic) bond motifs is 1. The number of carbonyl (C=O) groups is 1. The van der Waals surface area contributed by atoms with Crippen LogP contribution in [0, 0.1) is 5.92 Å². The first-order valence-electron chi connectivity index (χ1n) is 8.11. The molecule has 1 aliphatic rings. The lowest BCUT2D eigenvalue weighted by atomic mass is 9.88. The van der Waals surface area contributed by atoms with E-state index in [0.717, 1.165) is 43.2 Å². The first-order valence-corrected chi connectivity index (χ1v) is 8.99. The first kappa shape index (κ1) is 16.2. The van der Waals surface area contributed by atoms with Gasteiger partial charge in [-0.05, 0) is 44.8 Å². The van der Waals surface area contributed by atoms with Gasteiger partial charge in [0.05, 0.1) is 18.3 Å². The number of hydrogen-bond donors (Lipinski definition) is 1. The zero-order valence-corrected chi connectivity index (χ0v) is 14.8. The number of rotatable bonds is 5. The van der Waals surface area contributed by atoms with Crippen LogP contribution in [0.25, 0.3) is 0 Å². The van der Waals surface area contributed by atoms with Crippen LogP contribution in [-0.4, -0.2) is 41.2 Å². The maximum Gasteiger partial charge on any atom is 0.257 e. The molecule has 0 spiro atoms. The molecule has 0 fully saturated rings. The van der Waals surface area contributed by atoms with Crippen molar-refractivity contribution in [1.82, 2.24) is 14.7 Å². The fraction of sp³-hybridized carbons (Fsp3) is 0.529. The molecule has 1 unspecified atom stereocenters. The monoisotopic (exact) mass is 332 g/mol.